The fourth-order valence-corrected chi connectivity index (χ4v) is 4.71. The molecule has 0 heterocycles. The summed E-state index contributed by atoms with van der Waals surface area (Å²) in [7, 11) is 1.79. The van der Waals surface area contributed by atoms with Gasteiger partial charge in [0.1, 0.15) is 10.6 Å². The summed E-state index contributed by atoms with van der Waals surface area (Å²) in [6.07, 6.45) is 7.92. The third kappa shape index (κ3) is 8.87. The van der Waals surface area contributed by atoms with Crippen LogP contribution in [-0.2, 0) is 14.5 Å². The maximum absolute atomic E-state index is 11.9. The Morgan fingerprint density at radius 1 is 0.963 bits per heavy atom. The molecule has 0 aromatic heterocycles. The number of halogens is 1. The summed E-state index contributed by atoms with van der Waals surface area (Å²) in [5, 5.41) is 0. The Kier molecular flexibility index (Phi) is 9.14. The topological polar surface area (TPSA) is 43.4 Å². The van der Waals surface area contributed by atoms with Crippen LogP contribution >= 0.6 is 10.7 Å². The number of benzene rings is 1. The molecule has 27 heavy (non-hydrogen) atoms. The lowest BCUT2D eigenvalue weighted by Crippen LogP contribution is -2.25. The van der Waals surface area contributed by atoms with Crippen molar-refractivity contribution in [3.63, 3.8) is 0 Å². The van der Waals surface area contributed by atoms with Gasteiger partial charge in [-0.2, -0.15) is 0 Å². The zero-order valence-corrected chi connectivity index (χ0v) is 19.5. The number of hydrogen-bond acceptors (Lipinski definition) is 3. The highest BCUT2D eigenvalue weighted by Gasteiger charge is 2.29. The van der Waals surface area contributed by atoms with E-state index in [0.29, 0.717) is 12.4 Å². The molecule has 0 spiro atoms. The first-order valence-electron chi connectivity index (χ1n) is 10.1. The van der Waals surface area contributed by atoms with Gasteiger partial charge in [0.15, 0.2) is 0 Å². The number of unbranched alkanes of at least 4 members (excludes halogenated alkanes) is 5. The molecule has 0 aliphatic carbocycles. The molecule has 1 rings (SSSR count). The largest absolute Gasteiger partial charge is 0.492 e. The van der Waals surface area contributed by atoms with Gasteiger partial charge in [-0.25, -0.2) is 8.42 Å². The van der Waals surface area contributed by atoms with Gasteiger partial charge in [-0.1, -0.05) is 79.7 Å². The highest BCUT2D eigenvalue weighted by Crippen LogP contribution is 2.39. The molecule has 0 saturated heterocycles. The molecule has 156 valence electrons. The van der Waals surface area contributed by atoms with Crippen molar-refractivity contribution in [2.45, 2.75) is 96.8 Å². The fraction of sp³-hybridized carbons (Fsp3) is 0.727. The van der Waals surface area contributed by atoms with E-state index in [4.69, 9.17) is 15.4 Å². The monoisotopic (exact) mass is 416 g/mol. The maximum Gasteiger partial charge on any atom is 0.264 e. The summed E-state index contributed by atoms with van der Waals surface area (Å²) in [4.78, 5) is 0.0606. The SMILES string of the molecule is CCCCCCCCOc1cc(C(C)(C)CC(C)(C)C)ccc1S(=O)(=O)Cl. The first-order chi connectivity index (χ1) is 12.4. The Labute approximate surface area is 171 Å². The quantitative estimate of drug-likeness (QED) is 0.286. The summed E-state index contributed by atoms with van der Waals surface area (Å²) in [5.74, 6) is 0.373. The van der Waals surface area contributed by atoms with Crippen LogP contribution in [0.1, 0.15) is 92.1 Å². The van der Waals surface area contributed by atoms with Gasteiger partial charge in [0.25, 0.3) is 9.05 Å². The predicted octanol–water partition coefficient (Wildman–Crippen LogP) is 7.07. The van der Waals surface area contributed by atoms with Gasteiger partial charge in [-0.05, 0) is 41.4 Å². The van der Waals surface area contributed by atoms with Crippen molar-refractivity contribution < 1.29 is 13.2 Å². The van der Waals surface area contributed by atoms with Crippen molar-refractivity contribution in [1.82, 2.24) is 0 Å². The van der Waals surface area contributed by atoms with Crippen molar-refractivity contribution in [1.29, 1.82) is 0 Å². The summed E-state index contributed by atoms with van der Waals surface area (Å²) in [6.45, 7) is 13.7. The van der Waals surface area contributed by atoms with Crippen molar-refractivity contribution in [2.24, 2.45) is 5.41 Å². The average molecular weight is 417 g/mol. The molecule has 0 amide bonds. The van der Waals surface area contributed by atoms with E-state index < -0.39 is 9.05 Å². The van der Waals surface area contributed by atoms with E-state index in [0.717, 1.165) is 24.8 Å². The molecule has 0 atom stereocenters. The molecule has 0 bridgehead atoms. The minimum atomic E-state index is -3.84. The van der Waals surface area contributed by atoms with Gasteiger partial charge < -0.3 is 4.74 Å². The zero-order chi connectivity index (χ0) is 20.7. The summed E-state index contributed by atoms with van der Waals surface area (Å²) in [5.41, 5.74) is 1.14. The summed E-state index contributed by atoms with van der Waals surface area (Å²) < 4.78 is 29.7. The Bertz CT molecular complexity index is 688. The van der Waals surface area contributed by atoms with Crippen LogP contribution in [0.2, 0.25) is 0 Å². The van der Waals surface area contributed by atoms with Gasteiger partial charge in [0.2, 0.25) is 0 Å². The second kappa shape index (κ2) is 10.2. The Morgan fingerprint density at radius 2 is 1.56 bits per heavy atom. The van der Waals surface area contributed by atoms with Crippen LogP contribution in [0.4, 0.5) is 0 Å². The predicted molar refractivity (Wildman–Crippen MR) is 115 cm³/mol. The number of rotatable bonds is 11. The Morgan fingerprint density at radius 3 is 2.11 bits per heavy atom. The standard InChI is InChI=1S/C22H37ClO3S/c1-7-8-9-10-11-12-15-26-19-16-18(13-14-20(19)27(23,24)25)22(5,6)17-21(2,3)4/h13-14,16H,7-12,15,17H2,1-6H3. The van der Waals surface area contributed by atoms with Crippen molar-refractivity contribution in [3.8, 4) is 5.75 Å². The highest BCUT2D eigenvalue weighted by atomic mass is 35.7. The zero-order valence-electron chi connectivity index (χ0n) is 17.9. The second-order valence-electron chi connectivity index (χ2n) is 9.34. The molecule has 0 radical (unpaired) electrons. The smallest absolute Gasteiger partial charge is 0.264 e. The van der Waals surface area contributed by atoms with E-state index in [1.807, 2.05) is 12.1 Å². The Balaban J connectivity index is 2.92. The number of ether oxygens (including phenoxy) is 1. The van der Waals surface area contributed by atoms with E-state index in [9.17, 15) is 8.42 Å². The van der Waals surface area contributed by atoms with E-state index in [1.165, 1.54) is 25.7 Å². The van der Waals surface area contributed by atoms with Crippen molar-refractivity contribution >= 4 is 19.7 Å². The first kappa shape index (κ1) is 24.3. The van der Waals surface area contributed by atoms with Crippen LogP contribution in [0, 0.1) is 5.41 Å². The minimum absolute atomic E-state index is 0.0606. The maximum atomic E-state index is 11.9. The fourth-order valence-electron chi connectivity index (χ4n) is 3.74. The highest BCUT2D eigenvalue weighted by molar-refractivity contribution is 8.13. The molecule has 0 saturated carbocycles. The third-order valence-electron chi connectivity index (χ3n) is 4.72. The molecule has 0 N–H and O–H groups in total. The van der Waals surface area contributed by atoms with Crippen molar-refractivity contribution in [3.05, 3.63) is 23.8 Å². The first-order valence-corrected chi connectivity index (χ1v) is 12.4. The van der Waals surface area contributed by atoms with Gasteiger partial charge in [0, 0.05) is 10.7 Å². The molecule has 0 unspecified atom stereocenters. The van der Waals surface area contributed by atoms with Crippen molar-refractivity contribution in [2.75, 3.05) is 6.61 Å². The lowest BCUT2D eigenvalue weighted by atomic mass is 9.72. The minimum Gasteiger partial charge on any atom is -0.492 e. The molecule has 3 nitrogen and oxygen atoms in total. The second-order valence-corrected chi connectivity index (χ2v) is 11.9. The van der Waals surface area contributed by atoms with Crippen LogP contribution in [0.5, 0.6) is 5.75 Å². The molecule has 0 aliphatic heterocycles. The van der Waals surface area contributed by atoms with Crippen LogP contribution in [0.3, 0.4) is 0 Å². The lowest BCUT2D eigenvalue weighted by Gasteiger charge is -2.33. The summed E-state index contributed by atoms with van der Waals surface area (Å²) >= 11 is 0. The van der Waals surface area contributed by atoms with Crippen LogP contribution in [-0.4, -0.2) is 15.0 Å². The van der Waals surface area contributed by atoms with Gasteiger partial charge >= 0.3 is 0 Å². The summed E-state index contributed by atoms with van der Waals surface area (Å²) in [6, 6.07) is 5.30. The van der Waals surface area contributed by atoms with Crippen LogP contribution in [0.15, 0.2) is 23.1 Å². The average Bonchev–Trinajstić information content (AvgIpc) is 2.50. The molecule has 1 aromatic carbocycles. The lowest BCUT2D eigenvalue weighted by molar-refractivity contribution is 0.278. The van der Waals surface area contributed by atoms with E-state index in [2.05, 4.69) is 41.5 Å². The molecular weight excluding hydrogens is 380 g/mol. The van der Waals surface area contributed by atoms with Crippen LogP contribution in [0.25, 0.3) is 0 Å². The molecule has 1 aromatic rings. The Hall–Kier alpha value is -0.740. The van der Waals surface area contributed by atoms with E-state index in [1.54, 1.807) is 6.07 Å². The molecule has 0 fully saturated rings. The van der Waals surface area contributed by atoms with Crippen LogP contribution < -0.4 is 4.74 Å². The third-order valence-corrected chi connectivity index (χ3v) is 6.08. The van der Waals surface area contributed by atoms with E-state index in [-0.39, 0.29) is 15.7 Å². The molecule has 5 heteroatoms. The molecular formula is C22H37ClO3S. The van der Waals surface area contributed by atoms with Gasteiger partial charge in [0.05, 0.1) is 6.61 Å². The van der Waals surface area contributed by atoms with Gasteiger partial charge in [-0.3, -0.25) is 0 Å². The molecule has 0 aliphatic rings. The van der Waals surface area contributed by atoms with Gasteiger partial charge in [-0.15, -0.1) is 0 Å². The number of hydrogen-bond donors (Lipinski definition) is 0. The normalized spacial score (nSPS) is 13.0. The van der Waals surface area contributed by atoms with E-state index >= 15 is 0 Å².